The molecular weight excluding hydrogens is 196 g/mol. The molecule has 15 heavy (non-hydrogen) atoms. The molecule has 0 unspecified atom stereocenters. The number of aromatic nitrogens is 2. The Morgan fingerprint density at radius 3 is 3.20 bits per heavy atom. The molecule has 0 radical (unpaired) electrons. The van der Waals surface area contributed by atoms with Gasteiger partial charge in [-0.1, -0.05) is 0 Å². The third-order valence-electron chi connectivity index (χ3n) is 1.86. The first-order valence-electron chi connectivity index (χ1n) is 4.57. The zero-order chi connectivity index (χ0) is 10.7. The van der Waals surface area contributed by atoms with Gasteiger partial charge in [0, 0.05) is 6.07 Å². The molecule has 5 nitrogen and oxygen atoms in total. The Labute approximate surface area is 86.0 Å². The molecule has 5 heteroatoms. The van der Waals surface area contributed by atoms with Gasteiger partial charge >= 0.3 is 6.16 Å². The molecule has 0 atom stereocenters. The molecule has 0 fully saturated rings. The number of ether oxygens (including phenoxy) is 2. The van der Waals surface area contributed by atoms with Crippen LogP contribution in [0.3, 0.4) is 0 Å². The van der Waals surface area contributed by atoms with Crippen molar-refractivity contribution in [3.8, 4) is 5.75 Å². The Bertz CT molecular complexity index is 478. The lowest BCUT2D eigenvalue weighted by Crippen LogP contribution is -2.09. The summed E-state index contributed by atoms with van der Waals surface area (Å²) in [6.07, 6.45) is 0.884. The first-order chi connectivity index (χ1) is 7.29. The smallest absolute Gasteiger partial charge is 0.434 e. The van der Waals surface area contributed by atoms with Gasteiger partial charge in [0.1, 0.15) is 5.75 Å². The third kappa shape index (κ3) is 2.07. The lowest BCUT2D eigenvalue weighted by Gasteiger charge is -2.03. The van der Waals surface area contributed by atoms with Crippen molar-refractivity contribution in [3.63, 3.8) is 0 Å². The van der Waals surface area contributed by atoms with E-state index in [-0.39, 0.29) is 0 Å². The number of carbonyl (C=O) groups excluding carboxylic acids is 1. The Hall–Kier alpha value is -2.04. The van der Waals surface area contributed by atoms with E-state index in [2.05, 4.69) is 14.7 Å². The molecule has 1 aromatic carbocycles. The monoisotopic (exact) mass is 206 g/mol. The van der Waals surface area contributed by atoms with Crippen molar-refractivity contribution in [1.29, 1.82) is 0 Å². The quantitative estimate of drug-likeness (QED) is 0.603. The number of nitrogens with zero attached hydrogens (tertiary/aromatic N) is 1. The predicted molar refractivity (Wildman–Crippen MR) is 53.7 cm³/mol. The van der Waals surface area contributed by atoms with Gasteiger partial charge in [-0.2, -0.15) is 0 Å². The van der Waals surface area contributed by atoms with Crippen molar-refractivity contribution < 1.29 is 14.3 Å². The fourth-order valence-corrected chi connectivity index (χ4v) is 1.22. The fourth-order valence-electron chi connectivity index (χ4n) is 1.22. The molecule has 78 valence electrons. The van der Waals surface area contributed by atoms with Gasteiger partial charge in [0.2, 0.25) is 0 Å². The molecule has 0 bridgehead atoms. The van der Waals surface area contributed by atoms with Crippen LogP contribution in [0.15, 0.2) is 24.5 Å². The Balaban J connectivity index is 2.17. The second-order valence-corrected chi connectivity index (χ2v) is 2.87. The molecule has 1 aromatic heterocycles. The van der Waals surface area contributed by atoms with Gasteiger partial charge in [0.25, 0.3) is 0 Å². The maximum Gasteiger partial charge on any atom is 0.513 e. The van der Waals surface area contributed by atoms with Gasteiger partial charge in [-0.05, 0) is 19.1 Å². The van der Waals surface area contributed by atoms with Crippen molar-refractivity contribution in [2.45, 2.75) is 6.92 Å². The van der Waals surface area contributed by atoms with Crippen molar-refractivity contribution >= 4 is 17.2 Å². The summed E-state index contributed by atoms with van der Waals surface area (Å²) < 4.78 is 9.58. The van der Waals surface area contributed by atoms with Gasteiger partial charge < -0.3 is 14.5 Å². The highest BCUT2D eigenvalue weighted by Gasteiger charge is 2.05. The van der Waals surface area contributed by atoms with E-state index in [0.717, 1.165) is 11.0 Å². The molecule has 0 spiro atoms. The van der Waals surface area contributed by atoms with E-state index >= 15 is 0 Å². The summed E-state index contributed by atoms with van der Waals surface area (Å²) in [5.74, 6) is 0.435. The Morgan fingerprint density at radius 2 is 2.40 bits per heavy atom. The average molecular weight is 206 g/mol. The number of nitrogens with one attached hydrogen (secondary N) is 1. The van der Waals surface area contributed by atoms with E-state index in [0.29, 0.717) is 12.4 Å². The molecule has 0 aliphatic carbocycles. The van der Waals surface area contributed by atoms with Crippen molar-refractivity contribution in [1.82, 2.24) is 9.97 Å². The number of H-pyrrole nitrogens is 1. The second-order valence-electron chi connectivity index (χ2n) is 2.87. The first kappa shape index (κ1) is 9.51. The number of benzene rings is 1. The van der Waals surface area contributed by atoms with Crippen LogP contribution in [0.2, 0.25) is 0 Å². The van der Waals surface area contributed by atoms with Gasteiger partial charge in [-0.25, -0.2) is 9.78 Å². The van der Waals surface area contributed by atoms with E-state index in [4.69, 9.17) is 4.74 Å². The fraction of sp³-hybridized carbons (Fsp3) is 0.200. The highest BCUT2D eigenvalue weighted by molar-refractivity contribution is 5.77. The third-order valence-corrected chi connectivity index (χ3v) is 1.86. The molecule has 1 N–H and O–H groups in total. The summed E-state index contributed by atoms with van der Waals surface area (Å²) in [4.78, 5) is 18.0. The highest BCUT2D eigenvalue weighted by Crippen LogP contribution is 2.17. The largest absolute Gasteiger partial charge is 0.513 e. The average Bonchev–Trinajstić information content (AvgIpc) is 2.65. The molecule has 2 aromatic rings. The van der Waals surface area contributed by atoms with Gasteiger partial charge in [-0.15, -0.1) is 0 Å². The number of aromatic amines is 1. The maximum absolute atomic E-state index is 11.0. The summed E-state index contributed by atoms with van der Waals surface area (Å²) in [6.45, 7) is 2.02. The Kier molecular flexibility index (Phi) is 2.53. The predicted octanol–water partition coefficient (Wildman–Crippen LogP) is 2.10. The van der Waals surface area contributed by atoms with Crippen molar-refractivity contribution in [3.05, 3.63) is 24.5 Å². The minimum atomic E-state index is -0.698. The van der Waals surface area contributed by atoms with Crippen LogP contribution in [0.5, 0.6) is 5.75 Å². The SMILES string of the molecule is CCOC(=O)Oc1ccc2nc[nH]c2c1. The number of imidazole rings is 1. The normalized spacial score (nSPS) is 10.2. The summed E-state index contributed by atoms with van der Waals surface area (Å²) in [5, 5.41) is 0. The van der Waals surface area contributed by atoms with Crippen LogP contribution in [0.4, 0.5) is 4.79 Å². The first-order valence-corrected chi connectivity index (χ1v) is 4.57. The van der Waals surface area contributed by atoms with E-state index in [1.807, 2.05) is 0 Å². The van der Waals surface area contributed by atoms with Crippen LogP contribution in [-0.4, -0.2) is 22.7 Å². The van der Waals surface area contributed by atoms with Crippen LogP contribution in [0.1, 0.15) is 6.92 Å². The molecule has 2 rings (SSSR count). The molecule has 0 aliphatic heterocycles. The Morgan fingerprint density at radius 1 is 1.53 bits per heavy atom. The zero-order valence-corrected chi connectivity index (χ0v) is 8.19. The summed E-state index contributed by atoms with van der Waals surface area (Å²) in [5.41, 5.74) is 1.64. The zero-order valence-electron chi connectivity index (χ0n) is 8.19. The number of carbonyl (C=O) groups is 1. The molecule has 1 heterocycles. The molecular formula is C10H10N2O3. The minimum absolute atomic E-state index is 0.297. The minimum Gasteiger partial charge on any atom is -0.434 e. The lowest BCUT2D eigenvalue weighted by molar-refractivity contribution is 0.104. The van der Waals surface area contributed by atoms with E-state index in [9.17, 15) is 4.79 Å². The summed E-state index contributed by atoms with van der Waals surface area (Å²) in [6, 6.07) is 5.12. The summed E-state index contributed by atoms with van der Waals surface area (Å²) in [7, 11) is 0. The highest BCUT2D eigenvalue weighted by atomic mass is 16.7. The lowest BCUT2D eigenvalue weighted by atomic mass is 10.3. The molecule has 0 amide bonds. The standard InChI is InChI=1S/C10H10N2O3/c1-2-14-10(13)15-7-3-4-8-9(5-7)12-6-11-8/h3-6H,2H2,1H3,(H,11,12). The van der Waals surface area contributed by atoms with E-state index < -0.39 is 6.16 Å². The van der Waals surface area contributed by atoms with Crippen LogP contribution in [0, 0.1) is 0 Å². The number of hydrogen-bond acceptors (Lipinski definition) is 4. The van der Waals surface area contributed by atoms with Crippen molar-refractivity contribution in [2.24, 2.45) is 0 Å². The van der Waals surface area contributed by atoms with Gasteiger partial charge in [-0.3, -0.25) is 0 Å². The van der Waals surface area contributed by atoms with E-state index in [1.54, 1.807) is 31.5 Å². The molecule has 0 saturated heterocycles. The van der Waals surface area contributed by atoms with Crippen LogP contribution in [-0.2, 0) is 4.74 Å². The summed E-state index contributed by atoms with van der Waals surface area (Å²) >= 11 is 0. The maximum atomic E-state index is 11.0. The van der Waals surface area contributed by atoms with E-state index in [1.165, 1.54) is 0 Å². The number of fused-ring (bicyclic) bond motifs is 1. The topological polar surface area (TPSA) is 64.2 Å². The van der Waals surface area contributed by atoms with Crippen LogP contribution >= 0.6 is 0 Å². The van der Waals surface area contributed by atoms with Crippen LogP contribution < -0.4 is 4.74 Å². The van der Waals surface area contributed by atoms with Crippen molar-refractivity contribution in [2.75, 3.05) is 6.61 Å². The van der Waals surface area contributed by atoms with Gasteiger partial charge in [0.15, 0.2) is 0 Å². The number of hydrogen-bond donors (Lipinski definition) is 1. The molecule has 0 saturated carbocycles. The molecule has 0 aliphatic rings. The van der Waals surface area contributed by atoms with Gasteiger partial charge in [0.05, 0.1) is 24.0 Å². The van der Waals surface area contributed by atoms with Crippen LogP contribution in [0.25, 0.3) is 11.0 Å². The second kappa shape index (κ2) is 4.00. The number of rotatable bonds is 2.